The highest BCUT2D eigenvalue weighted by atomic mass is 32.2. The van der Waals surface area contributed by atoms with E-state index in [1.165, 1.54) is 19.4 Å². The van der Waals surface area contributed by atoms with E-state index >= 15 is 0 Å². The molecule has 1 aliphatic carbocycles. The van der Waals surface area contributed by atoms with Crippen molar-refractivity contribution in [2.75, 3.05) is 25.2 Å². The van der Waals surface area contributed by atoms with Gasteiger partial charge in [-0.1, -0.05) is 0 Å². The number of nitrogens with one attached hydrogen (secondary N) is 2. The molecule has 1 unspecified atom stereocenters. The highest BCUT2D eigenvalue weighted by Gasteiger charge is 2.36. The van der Waals surface area contributed by atoms with Crippen molar-refractivity contribution in [3.63, 3.8) is 0 Å². The molecule has 1 saturated carbocycles. The molecule has 8 nitrogen and oxygen atoms in total. The van der Waals surface area contributed by atoms with Gasteiger partial charge in [0.2, 0.25) is 0 Å². The van der Waals surface area contributed by atoms with Gasteiger partial charge in [-0.2, -0.15) is 18.3 Å². The summed E-state index contributed by atoms with van der Waals surface area (Å²) in [5.74, 6) is 0.230. The van der Waals surface area contributed by atoms with Crippen LogP contribution in [0.1, 0.15) is 55.6 Å². The van der Waals surface area contributed by atoms with Gasteiger partial charge in [0.15, 0.2) is 5.69 Å². The van der Waals surface area contributed by atoms with Gasteiger partial charge in [-0.15, -0.1) is 0 Å². The highest BCUT2D eigenvalue weighted by Crippen LogP contribution is 2.36. The third-order valence-corrected chi connectivity index (χ3v) is 8.67. The van der Waals surface area contributed by atoms with Crippen molar-refractivity contribution >= 4 is 21.4 Å². The van der Waals surface area contributed by atoms with E-state index in [1.54, 1.807) is 23.7 Å². The molecule has 2 aromatic rings. The number of aromatic nitrogens is 2. The first-order valence-corrected chi connectivity index (χ1v) is 14.3. The van der Waals surface area contributed by atoms with Crippen LogP contribution in [0.4, 0.5) is 18.9 Å². The Morgan fingerprint density at radius 1 is 1.24 bits per heavy atom. The Hall–Kier alpha value is -2.76. The van der Waals surface area contributed by atoms with Crippen LogP contribution in [0.2, 0.25) is 0 Å². The Labute approximate surface area is 215 Å². The minimum absolute atomic E-state index is 0.203. The number of hydrogen-bond donors (Lipinski definition) is 2. The van der Waals surface area contributed by atoms with Crippen LogP contribution in [0.3, 0.4) is 0 Å². The summed E-state index contributed by atoms with van der Waals surface area (Å²) in [6, 6.07) is 2.96. The Morgan fingerprint density at radius 3 is 2.43 bits per heavy atom. The smallest absolute Gasteiger partial charge is 0.408 e. The molecule has 1 aliphatic rings. The van der Waals surface area contributed by atoms with Crippen molar-refractivity contribution < 1.29 is 31.1 Å². The molecule has 206 valence electrons. The number of hydrogen-bond acceptors (Lipinski definition) is 6. The van der Waals surface area contributed by atoms with Crippen molar-refractivity contribution in [1.82, 2.24) is 15.1 Å². The summed E-state index contributed by atoms with van der Waals surface area (Å²) in [7, 11) is -1.61. The lowest BCUT2D eigenvalue weighted by molar-refractivity contribution is -0.138. The number of anilines is 1. The fourth-order valence-corrected chi connectivity index (χ4v) is 5.86. The van der Waals surface area contributed by atoms with Crippen molar-refractivity contribution in [2.45, 2.75) is 70.5 Å². The van der Waals surface area contributed by atoms with Crippen LogP contribution in [0, 0.1) is 12.8 Å². The first-order valence-electron chi connectivity index (χ1n) is 12.3. The molecule has 37 heavy (non-hydrogen) atoms. The van der Waals surface area contributed by atoms with E-state index in [2.05, 4.69) is 15.7 Å². The van der Waals surface area contributed by atoms with Crippen LogP contribution in [0.15, 0.2) is 18.2 Å². The molecule has 0 spiro atoms. The number of benzene rings is 1. The first kappa shape index (κ1) is 28.8. The number of nitrogens with zero attached hydrogens (tertiary/aromatic N) is 2. The molecule has 1 aromatic carbocycles. The molecule has 1 heterocycles. The van der Waals surface area contributed by atoms with Gasteiger partial charge in [-0.05, 0) is 64.5 Å². The number of rotatable bonds is 9. The van der Waals surface area contributed by atoms with Gasteiger partial charge in [0.25, 0.3) is 5.91 Å². The minimum Gasteiger partial charge on any atom is -0.496 e. The molecule has 2 N–H and O–H groups in total. The fourth-order valence-electron chi connectivity index (χ4n) is 4.73. The Balaban J connectivity index is 1.78. The molecule has 1 fully saturated rings. The van der Waals surface area contributed by atoms with E-state index in [9.17, 15) is 26.4 Å². The minimum atomic E-state index is -4.39. The van der Waals surface area contributed by atoms with Gasteiger partial charge in [-0.3, -0.25) is 9.48 Å². The van der Waals surface area contributed by atoms with E-state index in [1.807, 2.05) is 6.92 Å². The molecule has 1 aromatic heterocycles. The lowest BCUT2D eigenvalue weighted by Crippen LogP contribution is -2.34. The first-order chi connectivity index (χ1) is 17.3. The number of halogens is 3. The average Bonchev–Trinajstić information content (AvgIpc) is 3.17. The summed E-state index contributed by atoms with van der Waals surface area (Å²) in [6.45, 7) is 5.60. The third-order valence-electron chi connectivity index (χ3n) is 6.99. The molecular weight excluding hydrogens is 509 g/mol. The number of aryl methyl sites for hydroxylation is 1. The summed E-state index contributed by atoms with van der Waals surface area (Å²) in [5, 5.41) is 9.57. The summed E-state index contributed by atoms with van der Waals surface area (Å²) < 4.78 is 69.6. The second-order valence-corrected chi connectivity index (χ2v) is 12.0. The van der Waals surface area contributed by atoms with Gasteiger partial charge in [0.1, 0.15) is 21.6 Å². The Kier molecular flexibility index (Phi) is 8.81. The number of sulfone groups is 1. The summed E-state index contributed by atoms with van der Waals surface area (Å²) in [6.07, 6.45) is -0.462. The second-order valence-electron chi connectivity index (χ2n) is 9.64. The SMILES string of the molecule is CCn1nc(C(=O)NCC2CCC(S(C)(=O)=O)CC2)c(C)c1-c1ccc(NC(C)C(F)(F)F)cc1OC. The molecule has 0 aliphatic heterocycles. The molecule has 0 bridgehead atoms. The number of carbonyl (C=O) groups is 1. The standard InChI is InChI=1S/C25H35F3N4O4S/c1-6-32-23(20-12-9-18(13-21(20)36-4)30-16(3)25(26,27)28)15(2)22(31-32)24(33)29-14-17-7-10-19(11-8-17)37(5,34)35/h9,12-13,16-17,19,30H,6-8,10-11,14H2,1-5H3,(H,29,33). The molecule has 0 saturated heterocycles. The Bertz CT molecular complexity index is 1220. The Morgan fingerprint density at radius 2 is 1.89 bits per heavy atom. The van der Waals surface area contributed by atoms with Crippen LogP contribution in [0.5, 0.6) is 5.75 Å². The maximum atomic E-state index is 13.0. The molecule has 1 atom stereocenters. The summed E-state index contributed by atoms with van der Waals surface area (Å²) in [5.41, 5.74) is 2.40. The quantitative estimate of drug-likeness (QED) is 0.479. The second kappa shape index (κ2) is 11.3. The lowest BCUT2D eigenvalue weighted by Gasteiger charge is -2.27. The zero-order chi connectivity index (χ0) is 27.5. The molecule has 3 rings (SSSR count). The van der Waals surface area contributed by atoms with E-state index < -0.39 is 22.1 Å². The van der Waals surface area contributed by atoms with E-state index in [0.717, 1.165) is 19.8 Å². The predicted octanol–water partition coefficient (Wildman–Crippen LogP) is 4.58. The van der Waals surface area contributed by atoms with Gasteiger partial charge in [-0.25, -0.2) is 8.42 Å². The number of alkyl halides is 3. The largest absolute Gasteiger partial charge is 0.496 e. The van der Waals surface area contributed by atoms with Gasteiger partial charge in [0.05, 0.1) is 18.1 Å². The highest BCUT2D eigenvalue weighted by molar-refractivity contribution is 7.91. The molecule has 1 amide bonds. The van der Waals surface area contributed by atoms with Gasteiger partial charge in [0, 0.05) is 42.2 Å². The normalized spacial score (nSPS) is 19.4. The van der Waals surface area contributed by atoms with E-state index in [4.69, 9.17) is 4.74 Å². The topological polar surface area (TPSA) is 102 Å². The monoisotopic (exact) mass is 544 g/mol. The molecular formula is C25H35F3N4O4S. The van der Waals surface area contributed by atoms with E-state index in [0.29, 0.717) is 48.5 Å². The number of amides is 1. The van der Waals surface area contributed by atoms with Crippen molar-refractivity contribution in [1.29, 1.82) is 0 Å². The van der Waals surface area contributed by atoms with Crippen LogP contribution < -0.4 is 15.4 Å². The van der Waals surface area contributed by atoms with Crippen LogP contribution in [-0.2, 0) is 16.4 Å². The van der Waals surface area contributed by atoms with Crippen molar-refractivity contribution in [3.8, 4) is 17.0 Å². The average molecular weight is 545 g/mol. The van der Waals surface area contributed by atoms with E-state index in [-0.39, 0.29) is 28.5 Å². The number of ether oxygens (including phenoxy) is 1. The molecule has 0 radical (unpaired) electrons. The fraction of sp³-hybridized carbons (Fsp3) is 0.600. The van der Waals surface area contributed by atoms with Crippen molar-refractivity contribution in [2.24, 2.45) is 5.92 Å². The lowest BCUT2D eigenvalue weighted by atomic mass is 9.89. The maximum Gasteiger partial charge on any atom is 0.408 e. The van der Waals surface area contributed by atoms with Gasteiger partial charge < -0.3 is 15.4 Å². The zero-order valence-corrected chi connectivity index (χ0v) is 22.6. The molecule has 12 heteroatoms. The van der Waals surface area contributed by atoms with Crippen LogP contribution in [0.25, 0.3) is 11.3 Å². The third kappa shape index (κ3) is 6.77. The zero-order valence-electron chi connectivity index (χ0n) is 21.8. The summed E-state index contributed by atoms with van der Waals surface area (Å²) in [4.78, 5) is 13.0. The van der Waals surface area contributed by atoms with Crippen molar-refractivity contribution in [3.05, 3.63) is 29.5 Å². The number of methoxy groups -OCH3 is 1. The van der Waals surface area contributed by atoms with Gasteiger partial charge >= 0.3 is 6.18 Å². The number of carbonyl (C=O) groups excluding carboxylic acids is 1. The van der Waals surface area contributed by atoms with Crippen LogP contribution >= 0.6 is 0 Å². The summed E-state index contributed by atoms with van der Waals surface area (Å²) >= 11 is 0. The maximum absolute atomic E-state index is 13.0. The van der Waals surface area contributed by atoms with Crippen LogP contribution in [-0.4, -0.2) is 61.5 Å². The predicted molar refractivity (Wildman–Crippen MR) is 137 cm³/mol.